The summed E-state index contributed by atoms with van der Waals surface area (Å²) in [6.07, 6.45) is 11.2. The van der Waals surface area contributed by atoms with E-state index in [1.807, 2.05) is 0 Å². The van der Waals surface area contributed by atoms with Gasteiger partial charge in [-0.05, 0) is 26.2 Å². The number of hydrogen-bond acceptors (Lipinski definition) is 5. The summed E-state index contributed by atoms with van der Waals surface area (Å²) in [6.45, 7) is 5.91. The molecule has 0 radical (unpaired) electrons. The van der Waals surface area contributed by atoms with Crippen molar-refractivity contribution >= 4 is 0 Å². The third-order valence-corrected chi connectivity index (χ3v) is 5.15. The minimum absolute atomic E-state index is 0.196. The maximum Gasteiger partial charge on any atom is 0.285 e. The summed E-state index contributed by atoms with van der Waals surface area (Å²) in [5, 5.41) is 0. The van der Waals surface area contributed by atoms with Crippen LogP contribution >= 0.6 is 0 Å². The first-order valence-corrected chi connectivity index (χ1v) is 10.0. The van der Waals surface area contributed by atoms with Crippen molar-refractivity contribution < 1.29 is 23.7 Å². The van der Waals surface area contributed by atoms with Gasteiger partial charge in [-0.2, -0.15) is 0 Å². The average Bonchev–Trinajstić information content (AvgIpc) is 3.46. The van der Waals surface area contributed by atoms with E-state index in [9.17, 15) is 0 Å². The highest BCUT2D eigenvalue weighted by molar-refractivity contribution is 4.74. The molecule has 25 heavy (non-hydrogen) atoms. The van der Waals surface area contributed by atoms with Gasteiger partial charge in [0.25, 0.3) is 5.97 Å². The number of unbranched alkanes of at least 4 members (excludes halogenated alkanes) is 5. The van der Waals surface area contributed by atoms with E-state index in [2.05, 4.69) is 13.8 Å². The monoisotopic (exact) mass is 360 g/mol. The molecule has 0 saturated carbocycles. The van der Waals surface area contributed by atoms with E-state index in [1.54, 1.807) is 21.3 Å². The van der Waals surface area contributed by atoms with Crippen LogP contribution < -0.4 is 0 Å². The summed E-state index contributed by atoms with van der Waals surface area (Å²) >= 11 is 0. The van der Waals surface area contributed by atoms with Gasteiger partial charge >= 0.3 is 0 Å². The topological polar surface area (TPSA) is 49.5 Å². The second-order valence-electron chi connectivity index (χ2n) is 7.15. The first kappa shape index (κ1) is 22.8. The Bertz CT molecular complexity index is 307. The fourth-order valence-corrected chi connectivity index (χ4v) is 3.37. The molecule has 1 saturated heterocycles. The Morgan fingerprint density at radius 3 is 2.08 bits per heavy atom. The van der Waals surface area contributed by atoms with Crippen molar-refractivity contribution in [1.82, 2.24) is 0 Å². The van der Waals surface area contributed by atoms with Gasteiger partial charge < -0.3 is 23.7 Å². The Morgan fingerprint density at radius 2 is 1.52 bits per heavy atom. The van der Waals surface area contributed by atoms with Crippen molar-refractivity contribution in [2.45, 2.75) is 89.8 Å². The number of epoxide rings is 1. The molecule has 5 heteroatoms. The second kappa shape index (κ2) is 13.0. The van der Waals surface area contributed by atoms with Crippen LogP contribution in [0.15, 0.2) is 0 Å². The van der Waals surface area contributed by atoms with Crippen LogP contribution in [0.25, 0.3) is 0 Å². The minimum Gasteiger partial charge on any atom is -0.376 e. The van der Waals surface area contributed by atoms with Crippen LogP contribution in [-0.4, -0.2) is 52.7 Å². The smallest absolute Gasteiger partial charge is 0.285 e. The molecule has 1 heterocycles. The molecule has 0 bridgehead atoms. The van der Waals surface area contributed by atoms with Crippen molar-refractivity contribution in [2.24, 2.45) is 5.92 Å². The Hall–Kier alpha value is -0.200. The van der Waals surface area contributed by atoms with Crippen LogP contribution in [0.1, 0.15) is 71.6 Å². The lowest BCUT2D eigenvalue weighted by atomic mass is 9.92. The zero-order valence-corrected chi connectivity index (χ0v) is 17.1. The van der Waals surface area contributed by atoms with Gasteiger partial charge in [-0.15, -0.1) is 0 Å². The molecule has 0 aromatic rings. The Balaban J connectivity index is 2.42. The molecule has 1 aliphatic heterocycles. The fourth-order valence-electron chi connectivity index (χ4n) is 3.37. The van der Waals surface area contributed by atoms with Crippen molar-refractivity contribution in [3.63, 3.8) is 0 Å². The molecule has 3 unspecified atom stereocenters. The first-order chi connectivity index (χ1) is 12.1. The molecule has 1 rings (SSSR count). The van der Waals surface area contributed by atoms with E-state index < -0.39 is 5.97 Å². The lowest BCUT2D eigenvalue weighted by molar-refractivity contribution is -0.380. The molecule has 0 amide bonds. The van der Waals surface area contributed by atoms with E-state index in [0.717, 1.165) is 25.9 Å². The van der Waals surface area contributed by atoms with E-state index in [-0.39, 0.29) is 12.0 Å². The summed E-state index contributed by atoms with van der Waals surface area (Å²) in [4.78, 5) is 0. The Morgan fingerprint density at radius 1 is 0.920 bits per heavy atom. The summed E-state index contributed by atoms with van der Waals surface area (Å²) in [6, 6.07) is 0. The van der Waals surface area contributed by atoms with Gasteiger partial charge in [-0.25, -0.2) is 0 Å². The van der Waals surface area contributed by atoms with E-state index in [0.29, 0.717) is 12.7 Å². The van der Waals surface area contributed by atoms with Gasteiger partial charge in [0.15, 0.2) is 0 Å². The number of rotatable bonds is 17. The molecular weight excluding hydrogens is 320 g/mol. The lowest BCUT2D eigenvalue weighted by Crippen LogP contribution is -2.44. The lowest BCUT2D eigenvalue weighted by Gasteiger charge is -2.37. The predicted molar refractivity (Wildman–Crippen MR) is 99.6 cm³/mol. The molecule has 0 aromatic carbocycles. The average molecular weight is 361 g/mol. The molecule has 1 fully saturated rings. The largest absolute Gasteiger partial charge is 0.376 e. The molecule has 0 N–H and O–H groups in total. The van der Waals surface area contributed by atoms with Crippen LogP contribution in [0.2, 0.25) is 0 Å². The molecule has 0 aromatic heterocycles. The van der Waals surface area contributed by atoms with E-state index in [4.69, 9.17) is 23.7 Å². The summed E-state index contributed by atoms with van der Waals surface area (Å²) in [5.41, 5.74) is 0. The summed E-state index contributed by atoms with van der Waals surface area (Å²) in [5.74, 6) is -0.759. The van der Waals surface area contributed by atoms with E-state index in [1.165, 1.54) is 38.5 Å². The highest BCUT2D eigenvalue weighted by Gasteiger charge is 2.39. The van der Waals surface area contributed by atoms with Crippen molar-refractivity contribution in [1.29, 1.82) is 0 Å². The van der Waals surface area contributed by atoms with Crippen molar-refractivity contribution in [3.8, 4) is 0 Å². The predicted octanol–water partition coefficient (Wildman–Crippen LogP) is 4.53. The number of ether oxygens (including phenoxy) is 5. The van der Waals surface area contributed by atoms with Gasteiger partial charge in [0.2, 0.25) is 0 Å². The second-order valence-corrected chi connectivity index (χ2v) is 7.15. The summed E-state index contributed by atoms with van der Waals surface area (Å²) < 4.78 is 27.9. The Kier molecular flexibility index (Phi) is 11.9. The molecule has 0 aliphatic carbocycles. The van der Waals surface area contributed by atoms with E-state index >= 15 is 0 Å². The normalized spacial score (nSPS) is 19.8. The maximum absolute atomic E-state index is 5.85. The van der Waals surface area contributed by atoms with Gasteiger partial charge in [0.05, 0.1) is 19.3 Å². The third kappa shape index (κ3) is 8.83. The highest BCUT2D eigenvalue weighted by atomic mass is 16.9. The zero-order valence-electron chi connectivity index (χ0n) is 17.1. The molecule has 3 atom stereocenters. The number of hydrogen-bond donors (Lipinski definition) is 0. The van der Waals surface area contributed by atoms with Crippen LogP contribution in [-0.2, 0) is 23.7 Å². The highest BCUT2D eigenvalue weighted by Crippen LogP contribution is 2.33. The van der Waals surface area contributed by atoms with Crippen LogP contribution in [0.3, 0.4) is 0 Å². The standard InChI is InChI=1S/C20H40O5/c1-6-7-8-9-10-11-12-18(20(21-3,22-4)23-5)14-13-17(2)24-15-19-16-25-19/h17-19H,6-16H2,1-5H3. The van der Waals surface area contributed by atoms with Crippen LogP contribution in [0.5, 0.6) is 0 Å². The third-order valence-electron chi connectivity index (χ3n) is 5.15. The zero-order chi connectivity index (χ0) is 18.5. The van der Waals surface area contributed by atoms with Gasteiger partial charge in [-0.1, -0.05) is 45.4 Å². The van der Waals surface area contributed by atoms with Gasteiger partial charge in [0, 0.05) is 27.2 Å². The molecule has 5 nitrogen and oxygen atoms in total. The van der Waals surface area contributed by atoms with Gasteiger partial charge in [0.1, 0.15) is 6.10 Å². The first-order valence-electron chi connectivity index (χ1n) is 10.0. The van der Waals surface area contributed by atoms with Crippen molar-refractivity contribution in [2.75, 3.05) is 34.5 Å². The maximum atomic E-state index is 5.85. The van der Waals surface area contributed by atoms with Crippen LogP contribution in [0, 0.1) is 5.92 Å². The molecule has 0 spiro atoms. The number of methoxy groups -OCH3 is 3. The quantitative estimate of drug-likeness (QED) is 0.217. The molecular formula is C20H40O5. The SMILES string of the molecule is CCCCCCCCC(CCC(C)OCC1CO1)C(OC)(OC)OC. The minimum atomic E-state index is -0.956. The molecule has 150 valence electrons. The van der Waals surface area contributed by atoms with Crippen molar-refractivity contribution in [3.05, 3.63) is 0 Å². The van der Waals surface area contributed by atoms with Gasteiger partial charge in [-0.3, -0.25) is 0 Å². The Labute approximate surface area is 154 Å². The van der Waals surface area contributed by atoms with Crippen LogP contribution in [0.4, 0.5) is 0 Å². The molecule has 1 aliphatic rings. The fraction of sp³-hybridized carbons (Fsp3) is 1.00. The summed E-state index contributed by atoms with van der Waals surface area (Å²) in [7, 11) is 4.98.